The number of carboxylic acids is 1. The predicted octanol–water partition coefficient (Wildman–Crippen LogP) is 1.48. The minimum Gasteiger partial charge on any atom is -0.480 e. The first-order chi connectivity index (χ1) is 10.1. The van der Waals surface area contributed by atoms with Crippen molar-refractivity contribution in [2.45, 2.75) is 68.2 Å². The van der Waals surface area contributed by atoms with E-state index in [0.717, 1.165) is 43.0 Å². The van der Waals surface area contributed by atoms with Crippen LogP contribution in [0.1, 0.15) is 51.5 Å². The van der Waals surface area contributed by atoms with E-state index in [9.17, 15) is 9.90 Å². The number of nitrogens with one attached hydrogen (secondary N) is 1. The van der Waals surface area contributed by atoms with Crippen LogP contribution in [-0.4, -0.2) is 48.6 Å². The Kier molecular flexibility index (Phi) is 4.17. The fraction of sp³-hybridized carbons (Fsp3) is 0.846. The summed E-state index contributed by atoms with van der Waals surface area (Å²) in [6.45, 7) is 1.78. The van der Waals surface area contributed by atoms with Crippen LogP contribution in [0.5, 0.6) is 0 Å². The Morgan fingerprint density at radius 1 is 1.48 bits per heavy atom. The normalized spacial score (nSPS) is 21.2. The summed E-state index contributed by atoms with van der Waals surface area (Å²) in [5.74, 6) is 0.0738. The lowest BCUT2D eigenvalue weighted by atomic mass is 9.96. The molecule has 116 valence electrons. The summed E-state index contributed by atoms with van der Waals surface area (Å²) in [6.07, 6.45) is 5.94. The molecule has 1 heterocycles. The summed E-state index contributed by atoms with van der Waals surface area (Å²) in [4.78, 5) is 11.5. The maximum absolute atomic E-state index is 11.5. The maximum atomic E-state index is 11.5. The zero-order valence-corrected chi connectivity index (χ0v) is 13.0. The van der Waals surface area contributed by atoms with Crippen LogP contribution in [0.2, 0.25) is 0 Å². The van der Waals surface area contributed by atoms with Gasteiger partial charge in [-0.3, -0.25) is 10.1 Å². The molecule has 0 amide bonds. The zero-order valence-electron chi connectivity index (χ0n) is 12.2. The van der Waals surface area contributed by atoms with Gasteiger partial charge in [-0.15, -0.1) is 5.10 Å². The Balaban J connectivity index is 1.45. The number of tetrazole rings is 1. The third kappa shape index (κ3) is 3.74. The van der Waals surface area contributed by atoms with Crippen molar-refractivity contribution in [3.63, 3.8) is 0 Å². The van der Waals surface area contributed by atoms with Crippen LogP contribution in [0.3, 0.4) is 0 Å². The van der Waals surface area contributed by atoms with Gasteiger partial charge in [0, 0.05) is 11.8 Å². The van der Waals surface area contributed by atoms with Crippen molar-refractivity contribution in [2.75, 3.05) is 5.75 Å². The number of hydrogen-bond donors (Lipinski definition) is 2. The molecule has 1 aromatic heterocycles. The van der Waals surface area contributed by atoms with Gasteiger partial charge >= 0.3 is 5.97 Å². The van der Waals surface area contributed by atoms with Crippen molar-refractivity contribution in [1.82, 2.24) is 25.5 Å². The molecule has 1 aromatic rings. The molecule has 1 unspecified atom stereocenters. The Morgan fingerprint density at radius 2 is 2.24 bits per heavy atom. The van der Waals surface area contributed by atoms with Gasteiger partial charge in [0.2, 0.25) is 5.16 Å². The predicted molar refractivity (Wildman–Crippen MR) is 78.2 cm³/mol. The first-order valence-corrected chi connectivity index (χ1v) is 8.49. The molecule has 0 spiro atoms. The number of aliphatic carboxylic acids is 1. The van der Waals surface area contributed by atoms with Crippen molar-refractivity contribution in [2.24, 2.45) is 0 Å². The van der Waals surface area contributed by atoms with Crippen molar-refractivity contribution < 1.29 is 9.90 Å². The molecule has 0 radical (unpaired) electrons. The highest BCUT2D eigenvalue weighted by Gasteiger charge is 2.38. The molecule has 2 aliphatic rings. The summed E-state index contributed by atoms with van der Waals surface area (Å²) in [5.41, 5.74) is -0.815. The van der Waals surface area contributed by atoms with Crippen LogP contribution in [0.4, 0.5) is 0 Å². The Bertz CT molecular complexity index is 514. The third-order valence-electron chi connectivity index (χ3n) is 3.98. The summed E-state index contributed by atoms with van der Waals surface area (Å²) >= 11 is 1.62. The smallest absolute Gasteiger partial charge is 0.323 e. The summed E-state index contributed by atoms with van der Waals surface area (Å²) < 4.78 is 1.89. The van der Waals surface area contributed by atoms with Crippen LogP contribution in [0, 0.1) is 0 Å². The molecule has 2 fully saturated rings. The molecule has 1 atom stereocenters. The second-order valence-electron chi connectivity index (χ2n) is 6.15. The Morgan fingerprint density at radius 3 is 2.86 bits per heavy atom. The van der Waals surface area contributed by atoms with E-state index < -0.39 is 11.5 Å². The minimum absolute atomic E-state index is 0.390. The number of aromatic nitrogens is 4. The SMILES string of the molecule is CC(CCCSc1nnnn1C1CC1)(NC1CC1)C(=O)O. The largest absolute Gasteiger partial charge is 0.480 e. The van der Waals surface area contributed by atoms with Crippen LogP contribution in [0.15, 0.2) is 5.16 Å². The second-order valence-corrected chi connectivity index (χ2v) is 7.21. The number of carbonyl (C=O) groups is 1. The maximum Gasteiger partial charge on any atom is 0.323 e. The van der Waals surface area contributed by atoms with Gasteiger partial charge in [-0.1, -0.05) is 11.8 Å². The number of nitrogens with zero attached hydrogens (tertiary/aromatic N) is 4. The highest BCUT2D eigenvalue weighted by molar-refractivity contribution is 7.99. The molecule has 0 saturated heterocycles. The van der Waals surface area contributed by atoms with Gasteiger partial charge < -0.3 is 5.11 Å². The monoisotopic (exact) mass is 311 g/mol. The van der Waals surface area contributed by atoms with Crippen LogP contribution in [0.25, 0.3) is 0 Å². The Labute approximate surface area is 127 Å². The lowest BCUT2D eigenvalue weighted by molar-refractivity contribution is -0.144. The molecule has 21 heavy (non-hydrogen) atoms. The second kappa shape index (κ2) is 5.92. The van der Waals surface area contributed by atoms with Gasteiger partial charge in [-0.25, -0.2) is 4.68 Å². The topological polar surface area (TPSA) is 92.9 Å². The van der Waals surface area contributed by atoms with E-state index in [2.05, 4.69) is 20.8 Å². The summed E-state index contributed by atoms with van der Waals surface area (Å²) in [6, 6.07) is 0.865. The molecular weight excluding hydrogens is 290 g/mol. The van der Waals surface area contributed by atoms with E-state index in [4.69, 9.17) is 0 Å². The summed E-state index contributed by atoms with van der Waals surface area (Å²) in [7, 11) is 0. The van der Waals surface area contributed by atoms with E-state index in [0.29, 0.717) is 18.5 Å². The quantitative estimate of drug-likeness (QED) is 0.527. The lowest BCUT2D eigenvalue weighted by Gasteiger charge is -2.26. The van der Waals surface area contributed by atoms with Crippen molar-refractivity contribution >= 4 is 17.7 Å². The summed E-state index contributed by atoms with van der Waals surface area (Å²) in [5, 5.41) is 25.3. The van der Waals surface area contributed by atoms with Gasteiger partial charge in [0.1, 0.15) is 5.54 Å². The van der Waals surface area contributed by atoms with E-state index >= 15 is 0 Å². The standard InChI is InChI=1S/C13H21N5O2S/c1-13(11(19)20,14-9-3-4-9)7-2-8-21-12-15-16-17-18(12)10-5-6-10/h9-10,14H,2-8H2,1H3,(H,19,20). The van der Waals surface area contributed by atoms with Crippen LogP contribution < -0.4 is 5.32 Å². The Hall–Kier alpha value is -1.15. The van der Waals surface area contributed by atoms with E-state index in [-0.39, 0.29) is 0 Å². The van der Waals surface area contributed by atoms with Gasteiger partial charge in [0.05, 0.1) is 6.04 Å². The van der Waals surface area contributed by atoms with E-state index in [1.54, 1.807) is 18.7 Å². The molecular formula is C13H21N5O2S. The molecule has 2 N–H and O–H groups in total. The number of thioether (sulfide) groups is 1. The molecule has 0 bridgehead atoms. The minimum atomic E-state index is -0.815. The number of hydrogen-bond acceptors (Lipinski definition) is 6. The van der Waals surface area contributed by atoms with E-state index in [1.807, 2.05) is 4.68 Å². The first kappa shape index (κ1) is 14.8. The fourth-order valence-corrected chi connectivity index (χ4v) is 3.22. The molecule has 0 aromatic carbocycles. The van der Waals surface area contributed by atoms with Gasteiger partial charge in [-0.2, -0.15) is 0 Å². The fourth-order valence-electron chi connectivity index (χ4n) is 2.34. The molecule has 8 heteroatoms. The number of carboxylic acid groups (broad SMARTS) is 1. The molecule has 7 nitrogen and oxygen atoms in total. The van der Waals surface area contributed by atoms with E-state index in [1.165, 1.54) is 0 Å². The number of rotatable bonds is 9. The molecule has 2 aliphatic carbocycles. The van der Waals surface area contributed by atoms with Crippen LogP contribution in [-0.2, 0) is 4.79 Å². The highest BCUT2D eigenvalue weighted by Crippen LogP contribution is 2.36. The highest BCUT2D eigenvalue weighted by atomic mass is 32.2. The van der Waals surface area contributed by atoms with Crippen molar-refractivity contribution in [1.29, 1.82) is 0 Å². The molecule has 2 saturated carbocycles. The molecule has 0 aliphatic heterocycles. The lowest BCUT2D eigenvalue weighted by Crippen LogP contribution is -2.50. The average molecular weight is 311 g/mol. The van der Waals surface area contributed by atoms with Crippen LogP contribution >= 0.6 is 11.8 Å². The average Bonchev–Trinajstić information content (AvgIpc) is 3.37. The van der Waals surface area contributed by atoms with Crippen molar-refractivity contribution in [3.8, 4) is 0 Å². The van der Waals surface area contributed by atoms with Crippen molar-refractivity contribution in [3.05, 3.63) is 0 Å². The first-order valence-electron chi connectivity index (χ1n) is 7.50. The van der Waals surface area contributed by atoms with Gasteiger partial charge in [0.15, 0.2) is 0 Å². The zero-order chi connectivity index (χ0) is 14.9. The van der Waals surface area contributed by atoms with Gasteiger partial charge in [-0.05, 0) is 55.9 Å². The third-order valence-corrected chi connectivity index (χ3v) is 5.00. The molecule has 3 rings (SSSR count). The van der Waals surface area contributed by atoms with Gasteiger partial charge in [0.25, 0.3) is 0 Å².